The summed E-state index contributed by atoms with van der Waals surface area (Å²) in [5.41, 5.74) is -1.89. The van der Waals surface area contributed by atoms with Gasteiger partial charge < -0.3 is 14.2 Å². The third kappa shape index (κ3) is 9.25. The fourth-order valence-corrected chi connectivity index (χ4v) is 6.52. The number of halogens is 1. The second-order valence-electron chi connectivity index (χ2n) is 10.7. The Hall–Kier alpha value is -1.51. The van der Waals surface area contributed by atoms with Gasteiger partial charge in [-0.05, 0) is 27.7 Å². The maximum Gasteiger partial charge on any atom is 0.406 e. The van der Waals surface area contributed by atoms with Crippen molar-refractivity contribution >= 4 is 42.2 Å². The molecule has 0 bridgehead atoms. The predicted octanol–water partition coefficient (Wildman–Crippen LogP) is 2.82. The molecule has 13 nitrogen and oxygen atoms in total. The molecular formula is C24H39ClN3O10PS. The highest BCUT2D eigenvalue weighted by Crippen LogP contribution is 2.48. The smallest absolute Gasteiger partial charge is 0.406 e. The minimum absolute atomic E-state index is 0.0686. The summed E-state index contributed by atoms with van der Waals surface area (Å²) in [4.78, 5) is 49.4. The van der Waals surface area contributed by atoms with Gasteiger partial charge in [0.2, 0.25) is 0 Å². The second kappa shape index (κ2) is 14.1. The first-order valence-corrected chi connectivity index (χ1v) is 15.5. The van der Waals surface area contributed by atoms with Crippen molar-refractivity contribution in [2.45, 2.75) is 83.9 Å². The van der Waals surface area contributed by atoms with Gasteiger partial charge in [0.05, 0.1) is 19.3 Å². The van der Waals surface area contributed by atoms with Crippen molar-refractivity contribution in [2.75, 3.05) is 26.1 Å². The largest absolute Gasteiger partial charge is 0.462 e. The first-order chi connectivity index (χ1) is 18.4. The first kappa shape index (κ1) is 34.7. The normalized spacial score (nSPS) is 25.5. The summed E-state index contributed by atoms with van der Waals surface area (Å²) in [5.74, 6) is -0.481. The number of H-pyrrole nitrogens is 1. The van der Waals surface area contributed by atoms with Crippen molar-refractivity contribution in [1.82, 2.24) is 14.6 Å². The highest BCUT2D eigenvalue weighted by molar-refractivity contribution is 8.13. The molecule has 0 radical (unpaired) electrons. The van der Waals surface area contributed by atoms with E-state index in [4.69, 9.17) is 34.9 Å². The molecule has 1 fully saturated rings. The van der Waals surface area contributed by atoms with Crippen LogP contribution in [0.3, 0.4) is 0 Å². The average molecular weight is 628 g/mol. The van der Waals surface area contributed by atoms with E-state index in [0.717, 1.165) is 22.4 Å². The number of rotatable bonds is 13. The van der Waals surface area contributed by atoms with Crippen molar-refractivity contribution in [3.8, 4) is 0 Å². The number of aromatic nitrogens is 2. The lowest BCUT2D eigenvalue weighted by Crippen LogP contribution is -2.44. The van der Waals surface area contributed by atoms with Crippen LogP contribution in [0, 0.1) is 5.41 Å². The van der Waals surface area contributed by atoms with E-state index in [9.17, 15) is 23.7 Å². The number of ether oxygens (including phenoxy) is 3. The van der Waals surface area contributed by atoms with Crippen LogP contribution in [0.1, 0.15) is 54.7 Å². The summed E-state index contributed by atoms with van der Waals surface area (Å²) in [6, 6.07) is 0.0839. The topological polar surface area (TPSA) is 164 Å². The van der Waals surface area contributed by atoms with Gasteiger partial charge in [-0.3, -0.25) is 33.0 Å². The van der Waals surface area contributed by atoms with Crippen molar-refractivity contribution in [3.63, 3.8) is 0 Å². The van der Waals surface area contributed by atoms with Crippen LogP contribution < -0.4 is 16.3 Å². The third-order valence-electron chi connectivity index (χ3n) is 5.69. The van der Waals surface area contributed by atoms with Crippen LogP contribution in [0.15, 0.2) is 21.9 Å². The van der Waals surface area contributed by atoms with E-state index >= 15 is 0 Å². The zero-order valence-electron chi connectivity index (χ0n) is 23.9. The Balaban J connectivity index is 2.21. The number of carbonyl (C=O) groups excluding carboxylic acids is 2. The van der Waals surface area contributed by atoms with Crippen LogP contribution in [-0.2, 0) is 37.4 Å². The van der Waals surface area contributed by atoms with Crippen LogP contribution >= 0.6 is 31.1 Å². The zero-order valence-corrected chi connectivity index (χ0v) is 26.4. The summed E-state index contributed by atoms with van der Waals surface area (Å²) in [6.45, 7) is 11.2. The van der Waals surface area contributed by atoms with E-state index in [1.54, 1.807) is 41.5 Å². The Bertz CT molecular complexity index is 1200. The molecule has 228 valence electrons. The number of hydrogen-bond acceptors (Lipinski definition) is 11. The number of alkyl halides is 1. The molecule has 0 spiro atoms. The molecular weight excluding hydrogens is 589 g/mol. The molecule has 1 aromatic rings. The molecule has 2 N–H and O–H groups in total. The molecule has 0 aromatic carbocycles. The Morgan fingerprint density at radius 2 is 1.93 bits per heavy atom. The molecule has 2 rings (SSSR count). The summed E-state index contributed by atoms with van der Waals surface area (Å²) < 4.78 is 42.8. The molecule has 1 saturated heterocycles. The van der Waals surface area contributed by atoms with Gasteiger partial charge in [0.15, 0.2) is 11.3 Å². The fourth-order valence-electron chi connectivity index (χ4n) is 3.75. The molecule has 0 aliphatic carbocycles. The highest BCUT2D eigenvalue weighted by Gasteiger charge is 2.55. The molecule has 40 heavy (non-hydrogen) atoms. The van der Waals surface area contributed by atoms with Gasteiger partial charge in [0.25, 0.3) is 5.56 Å². The maximum absolute atomic E-state index is 13.7. The quantitative estimate of drug-likeness (QED) is 0.142. The van der Waals surface area contributed by atoms with Crippen LogP contribution in [0.4, 0.5) is 0 Å². The minimum atomic E-state index is -4.18. The van der Waals surface area contributed by atoms with E-state index in [2.05, 4.69) is 10.1 Å². The van der Waals surface area contributed by atoms with Gasteiger partial charge in [-0.25, -0.2) is 14.4 Å². The lowest BCUT2D eigenvalue weighted by atomic mass is 10.00. The molecule has 1 aromatic heterocycles. The van der Waals surface area contributed by atoms with Gasteiger partial charge in [-0.1, -0.05) is 32.5 Å². The number of aromatic amines is 1. The fraction of sp³-hybridized carbons (Fsp3) is 0.750. The van der Waals surface area contributed by atoms with Crippen molar-refractivity contribution in [3.05, 3.63) is 33.1 Å². The molecule has 1 aliphatic rings. The second-order valence-corrected chi connectivity index (χ2v) is 14.4. The Kier molecular flexibility index (Phi) is 12.2. The number of nitrogens with one attached hydrogen (secondary N) is 2. The maximum atomic E-state index is 13.7. The van der Waals surface area contributed by atoms with Gasteiger partial charge in [0.1, 0.15) is 23.1 Å². The highest BCUT2D eigenvalue weighted by atomic mass is 35.5. The summed E-state index contributed by atoms with van der Waals surface area (Å²) in [5, 5.41) is 2.50. The van der Waals surface area contributed by atoms with Gasteiger partial charge >= 0.3 is 19.4 Å². The van der Waals surface area contributed by atoms with E-state index in [0.29, 0.717) is 0 Å². The number of esters is 1. The van der Waals surface area contributed by atoms with Crippen LogP contribution in [-0.4, -0.2) is 75.9 Å². The zero-order chi connectivity index (χ0) is 30.5. The first-order valence-electron chi connectivity index (χ1n) is 12.6. The molecule has 0 saturated carbocycles. The minimum Gasteiger partial charge on any atom is -0.462 e. The van der Waals surface area contributed by atoms with Crippen LogP contribution in [0.25, 0.3) is 0 Å². The average Bonchev–Trinajstić information content (AvgIpc) is 3.08. The molecule has 0 amide bonds. The summed E-state index contributed by atoms with van der Waals surface area (Å²) >= 11 is 7.79. The molecule has 1 unspecified atom stereocenters. The Morgan fingerprint density at radius 1 is 1.27 bits per heavy atom. The van der Waals surface area contributed by atoms with E-state index in [-0.39, 0.29) is 24.1 Å². The van der Waals surface area contributed by atoms with Gasteiger partial charge in [-0.15, -0.1) is 11.6 Å². The number of carbonyl (C=O) groups is 2. The molecule has 6 atom stereocenters. The van der Waals surface area contributed by atoms with Crippen molar-refractivity contribution in [2.24, 2.45) is 5.41 Å². The lowest BCUT2D eigenvalue weighted by molar-refractivity contribution is -0.149. The molecule has 16 heteroatoms. The number of methoxy groups -OCH3 is 1. The van der Waals surface area contributed by atoms with Gasteiger partial charge in [0, 0.05) is 30.5 Å². The van der Waals surface area contributed by atoms with E-state index < -0.39 is 65.8 Å². The van der Waals surface area contributed by atoms with Gasteiger partial charge in [-0.2, -0.15) is 0 Å². The summed E-state index contributed by atoms with van der Waals surface area (Å²) in [6.07, 6.45) is -2.03. The molecule has 1 aliphatic heterocycles. The monoisotopic (exact) mass is 627 g/mol. The van der Waals surface area contributed by atoms with Crippen molar-refractivity contribution < 1.29 is 37.4 Å². The Morgan fingerprint density at radius 3 is 2.48 bits per heavy atom. The third-order valence-corrected chi connectivity index (χ3v) is 9.06. The van der Waals surface area contributed by atoms with E-state index in [1.165, 1.54) is 20.2 Å². The van der Waals surface area contributed by atoms with Crippen molar-refractivity contribution in [1.29, 1.82) is 0 Å². The number of hydrogen-bond donors (Lipinski definition) is 2. The van der Waals surface area contributed by atoms with E-state index in [1.807, 2.05) is 0 Å². The number of thioether (sulfide) groups is 1. The lowest BCUT2D eigenvalue weighted by Gasteiger charge is -2.29. The van der Waals surface area contributed by atoms with Crippen LogP contribution in [0.5, 0.6) is 0 Å². The summed E-state index contributed by atoms with van der Waals surface area (Å²) in [7, 11) is -2.79. The molecule has 2 heterocycles. The Labute approximate surface area is 242 Å². The van der Waals surface area contributed by atoms with Crippen LogP contribution in [0.2, 0.25) is 0 Å². The number of nitrogens with zero attached hydrogens (tertiary/aromatic N) is 1. The predicted molar refractivity (Wildman–Crippen MR) is 151 cm³/mol. The standard InChI is InChI=1S/C24H39ClN3O10PS/c1-14(2)37-19(30)15(3)27-39(33,35-11-12-40-21(31)23(4,5)6)36-13-16-18(34-8)24(7,25)20(38-16)28-10-9-17(29)26-22(28)32/h9-10,14-16,18,20H,11-13H2,1-8H3,(H,27,33)(H,26,29,32)/t15-,16-,18-,20-,24-,39?/m1/s1. The SMILES string of the molecule is CO[C@@H]1[C@@H](COP(=O)(N[C@H](C)C(=O)OC(C)C)OCCSC(=O)C(C)(C)C)O[C@@H](n2ccc(=O)[nH]c2=O)[C@]1(C)Cl.